The number of aliphatic hydroxyl groups is 1. The molecule has 0 radical (unpaired) electrons. The van der Waals surface area contributed by atoms with Gasteiger partial charge in [0.25, 0.3) is 10.1 Å². The summed E-state index contributed by atoms with van der Waals surface area (Å²) in [6.07, 6.45) is 1.91. The second kappa shape index (κ2) is 7.54. The molecule has 6 heteroatoms. The zero-order valence-electron chi connectivity index (χ0n) is 16.6. The molecule has 1 aliphatic rings. The highest BCUT2D eigenvalue weighted by Crippen LogP contribution is 2.42. The Kier molecular flexibility index (Phi) is 5.21. The van der Waals surface area contributed by atoms with Gasteiger partial charge in [0.2, 0.25) is 0 Å². The van der Waals surface area contributed by atoms with Crippen molar-refractivity contribution in [3.63, 3.8) is 0 Å². The van der Waals surface area contributed by atoms with E-state index in [-0.39, 0.29) is 13.2 Å². The Labute approximate surface area is 171 Å². The largest absolute Gasteiger partial charge is 0.394 e. The molecule has 0 spiro atoms. The molecule has 0 aliphatic heterocycles. The van der Waals surface area contributed by atoms with Crippen molar-refractivity contribution in [2.45, 2.75) is 25.4 Å². The van der Waals surface area contributed by atoms with E-state index >= 15 is 0 Å². The SMILES string of the molecule is CC(CO)(COS(C)(=O)=O)NCc1c2c(cc3ccccc13)Cc1ccccc1-2. The fraction of sp³-hybridized carbons (Fsp3) is 0.304. The molecule has 2 N–H and O–H groups in total. The van der Waals surface area contributed by atoms with Crippen molar-refractivity contribution in [2.75, 3.05) is 19.5 Å². The highest BCUT2D eigenvalue weighted by Gasteiger charge is 2.28. The summed E-state index contributed by atoms with van der Waals surface area (Å²) in [5.41, 5.74) is 5.34. The van der Waals surface area contributed by atoms with Crippen LogP contribution in [0.3, 0.4) is 0 Å². The maximum absolute atomic E-state index is 11.4. The van der Waals surface area contributed by atoms with Crippen LogP contribution in [0, 0.1) is 0 Å². The van der Waals surface area contributed by atoms with Crippen molar-refractivity contribution >= 4 is 20.9 Å². The van der Waals surface area contributed by atoms with Gasteiger partial charge >= 0.3 is 0 Å². The van der Waals surface area contributed by atoms with Gasteiger partial charge in [0.1, 0.15) is 0 Å². The van der Waals surface area contributed by atoms with E-state index in [0.29, 0.717) is 6.54 Å². The normalized spacial score (nSPS) is 15.1. The third kappa shape index (κ3) is 4.07. The predicted octanol–water partition coefficient (Wildman–Crippen LogP) is 3.23. The highest BCUT2D eigenvalue weighted by molar-refractivity contribution is 7.85. The van der Waals surface area contributed by atoms with Gasteiger partial charge in [-0.2, -0.15) is 8.42 Å². The predicted molar refractivity (Wildman–Crippen MR) is 115 cm³/mol. The number of aliphatic hydroxyl groups excluding tert-OH is 1. The van der Waals surface area contributed by atoms with Crippen LogP contribution in [-0.2, 0) is 27.3 Å². The van der Waals surface area contributed by atoms with Gasteiger partial charge < -0.3 is 10.4 Å². The summed E-state index contributed by atoms with van der Waals surface area (Å²) in [5, 5.41) is 15.6. The lowest BCUT2D eigenvalue weighted by Gasteiger charge is -2.29. The van der Waals surface area contributed by atoms with E-state index in [9.17, 15) is 13.5 Å². The Bertz CT molecular complexity index is 1170. The average Bonchev–Trinajstić information content (AvgIpc) is 3.07. The summed E-state index contributed by atoms with van der Waals surface area (Å²) in [4.78, 5) is 0. The Morgan fingerprint density at radius 3 is 2.59 bits per heavy atom. The maximum atomic E-state index is 11.4. The van der Waals surface area contributed by atoms with Crippen molar-refractivity contribution in [3.05, 3.63) is 71.3 Å². The summed E-state index contributed by atoms with van der Waals surface area (Å²) in [6, 6.07) is 19.0. The van der Waals surface area contributed by atoms with E-state index in [4.69, 9.17) is 4.18 Å². The molecule has 0 saturated heterocycles. The molecule has 3 aromatic rings. The molecular formula is C23H25NO4S. The number of hydrogen-bond donors (Lipinski definition) is 2. The Balaban J connectivity index is 1.74. The average molecular weight is 412 g/mol. The first-order valence-electron chi connectivity index (χ1n) is 9.62. The molecule has 1 unspecified atom stereocenters. The van der Waals surface area contributed by atoms with Crippen molar-refractivity contribution in [1.82, 2.24) is 5.32 Å². The minimum Gasteiger partial charge on any atom is -0.394 e. The monoisotopic (exact) mass is 411 g/mol. The second-order valence-electron chi connectivity index (χ2n) is 7.98. The molecule has 1 aliphatic carbocycles. The summed E-state index contributed by atoms with van der Waals surface area (Å²) < 4.78 is 27.8. The minimum absolute atomic E-state index is 0.133. The van der Waals surface area contributed by atoms with Crippen LogP contribution in [0.5, 0.6) is 0 Å². The fourth-order valence-electron chi connectivity index (χ4n) is 3.96. The van der Waals surface area contributed by atoms with E-state index in [1.807, 2.05) is 12.1 Å². The van der Waals surface area contributed by atoms with E-state index in [2.05, 4.69) is 47.8 Å². The number of hydrogen-bond acceptors (Lipinski definition) is 5. The standard InChI is InChI=1S/C23H25NO4S/c1-23(14-25,15-28-29(2,26)27)24-13-21-19-9-5-3-7-16(19)11-18-12-17-8-4-6-10-20(17)22(18)21/h3-11,24-25H,12-15H2,1-2H3. The molecule has 0 amide bonds. The quantitative estimate of drug-likeness (QED) is 0.457. The summed E-state index contributed by atoms with van der Waals surface area (Å²) in [5.74, 6) is 0. The zero-order valence-corrected chi connectivity index (χ0v) is 17.4. The molecule has 4 rings (SSSR count). The Hall–Kier alpha value is -2.25. The van der Waals surface area contributed by atoms with Crippen LogP contribution in [0.4, 0.5) is 0 Å². The molecule has 0 heterocycles. The minimum atomic E-state index is -3.59. The molecular weight excluding hydrogens is 386 g/mol. The molecule has 0 fully saturated rings. The van der Waals surface area contributed by atoms with Gasteiger partial charge in [0.15, 0.2) is 0 Å². The topological polar surface area (TPSA) is 75.6 Å². The van der Waals surface area contributed by atoms with Crippen molar-refractivity contribution < 1.29 is 17.7 Å². The second-order valence-corrected chi connectivity index (χ2v) is 9.63. The lowest BCUT2D eigenvalue weighted by molar-refractivity contribution is 0.118. The van der Waals surface area contributed by atoms with Gasteiger partial charge in [0, 0.05) is 6.54 Å². The Morgan fingerprint density at radius 1 is 1.10 bits per heavy atom. The fourth-order valence-corrected chi connectivity index (χ4v) is 4.43. The van der Waals surface area contributed by atoms with Crippen LogP contribution in [0.15, 0.2) is 54.6 Å². The molecule has 0 aromatic heterocycles. The van der Waals surface area contributed by atoms with Gasteiger partial charge in [0.05, 0.1) is 25.0 Å². The number of benzene rings is 3. The highest BCUT2D eigenvalue weighted by atomic mass is 32.2. The lowest BCUT2D eigenvalue weighted by atomic mass is 9.92. The van der Waals surface area contributed by atoms with Gasteiger partial charge in [-0.25, -0.2) is 0 Å². The van der Waals surface area contributed by atoms with E-state index in [1.54, 1.807) is 6.92 Å². The van der Waals surface area contributed by atoms with Crippen molar-refractivity contribution in [1.29, 1.82) is 0 Å². The lowest BCUT2D eigenvalue weighted by Crippen LogP contribution is -2.49. The van der Waals surface area contributed by atoms with Gasteiger partial charge in [-0.3, -0.25) is 4.18 Å². The first kappa shape index (κ1) is 20.0. The third-order valence-corrected chi connectivity index (χ3v) is 6.08. The zero-order chi connectivity index (χ0) is 20.6. The number of fused-ring (bicyclic) bond motifs is 4. The Morgan fingerprint density at radius 2 is 1.83 bits per heavy atom. The molecule has 0 bridgehead atoms. The maximum Gasteiger partial charge on any atom is 0.264 e. The third-order valence-electron chi connectivity index (χ3n) is 5.54. The van der Waals surface area contributed by atoms with Crippen LogP contribution < -0.4 is 5.32 Å². The first-order chi connectivity index (χ1) is 13.8. The van der Waals surface area contributed by atoms with Gasteiger partial charge in [-0.1, -0.05) is 54.6 Å². The molecule has 3 aromatic carbocycles. The molecule has 152 valence electrons. The van der Waals surface area contributed by atoms with Gasteiger partial charge in [-0.15, -0.1) is 0 Å². The van der Waals surface area contributed by atoms with E-state index in [0.717, 1.165) is 23.6 Å². The molecule has 0 saturated carbocycles. The smallest absolute Gasteiger partial charge is 0.264 e. The number of nitrogens with one attached hydrogen (secondary N) is 1. The van der Waals surface area contributed by atoms with Crippen LogP contribution in [0.25, 0.3) is 21.9 Å². The van der Waals surface area contributed by atoms with E-state index < -0.39 is 15.7 Å². The van der Waals surface area contributed by atoms with E-state index in [1.165, 1.54) is 27.6 Å². The molecule has 1 atom stereocenters. The summed E-state index contributed by atoms with van der Waals surface area (Å²) in [6.45, 7) is 1.87. The van der Waals surface area contributed by atoms with Crippen LogP contribution in [0.1, 0.15) is 23.6 Å². The van der Waals surface area contributed by atoms with Crippen LogP contribution in [-0.4, -0.2) is 38.5 Å². The van der Waals surface area contributed by atoms with Crippen LogP contribution >= 0.6 is 0 Å². The van der Waals surface area contributed by atoms with Crippen molar-refractivity contribution in [3.8, 4) is 11.1 Å². The molecule has 29 heavy (non-hydrogen) atoms. The summed E-state index contributed by atoms with van der Waals surface area (Å²) >= 11 is 0. The number of rotatable bonds is 7. The van der Waals surface area contributed by atoms with Gasteiger partial charge in [-0.05, 0) is 51.9 Å². The van der Waals surface area contributed by atoms with Crippen molar-refractivity contribution in [2.24, 2.45) is 0 Å². The summed E-state index contributed by atoms with van der Waals surface area (Å²) in [7, 11) is -3.59. The first-order valence-corrected chi connectivity index (χ1v) is 11.4. The molecule has 5 nitrogen and oxygen atoms in total. The van der Waals surface area contributed by atoms with Crippen LogP contribution in [0.2, 0.25) is 0 Å².